The maximum absolute atomic E-state index is 12.2. The van der Waals surface area contributed by atoms with Crippen LogP contribution >= 0.6 is 0 Å². The van der Waals surface area contributed by atoms with Gasteiger partial charge >= 0.3 is 11.9 Å². The van der Waals surface area contributed by atoms with Crippen molar-refractivity contribution in [1.29, 1.82) is 0 Å². The average molecular weight is 461 g/mol. The third kappa shape index (κ3) is 7.69. The SMILES string of the molecule is CC(C(=O)O)c1cccc(C(=O)c2ccccc2)c1.CC(C)Cc1ccc(C(C)C(=O)O)cc1. The molecule has 0 aliphatic carbocycles. The van der Waals surface area contributed by atoms with Crippen LogP contribution in [0.15, 0.2) is 78.9 Å². The van der Waals surface area contributed by atoms with Crippen molar-refractivity contribution >= 4 is 17.7 Å². The second kappa shape index (κ2) is 12.5. The van der Waals surface area contributed by atoms with Crippen LogP contribution in [0.3, 0.4) is 0 Å². The molecule has 5 heteroatoms. The van der Waals surface area contributed by atoms with Crippen molar-refractivity contribution in [1.82, 2.24) is 0 Å². The molecule has 5 nitrogen and oxygen atoms in total. The number of carbonyl (C=O) groups excluding carboxylic acids is 1. The number of carboxylic acids is 2. The molecule has 0 aromatic heterocycles. The Labute approximate surface area is 201 Å². The molecule has 2 unspecified atom stereocenters. The summed E-state index contributed by atoms with van der Waals surface area (Å²) in [5, 5.41) is 17.8. The second-order valence-electron chi connectivity index (χ2n) is 8.78. The second-order valence-corrected chi connectivity index (χ2v) is 8.78. The number of hydrogen-bond donors (Lipinski definition) is 2. The van der Waals surface area contributed by atoms with E-state index in [-0.39, 0.29) is 5.78 Å². The molecule has 34 heavy (non-hydrogen) atoms. The number of carboxylic acid groups (broad SMARTS) is 2. The Morgan fingerprint density at radius 1 is 0.647 bits per heavy atom. The molecule has 3 aromatic rings. The molecule has 3 rings (SSSR count). The predicted molar refractivity (Wildman–Crippen MR) is 133 cm³/mol. The fourth-order valence-corrected chi connectivity index (χ4v) is 3.40. The van der Waals surface area contributed by atoms with E-state index in [1.807, 2.05) is 30.3 Å². The Bertz CT molecular complexity index is 1100. The minimum atomic E-state index is -0.899. The van der Waals surface area contributed by atoms with Gasteiger partial charge in [0.05, 0.1) is 11.8 Å². The van der Waals surface area contributed by atoms with Gasteiger partial charge in [0.1, 0.15) is 0 Å². The smallest absolute Gasteiger partial charge is 0.310 e. The maximum atomic E-state index is 12.2. The lowest BCUT2D eigenvalue weighted by molar-refractivity contribution is -0.139. The molecule has 0 fully saturated rings. The van der Waals surface area contributed by atoms with Crippen LogP contribution in [0.2, 0.25) is 0 Å². The quantitative estimate of drug-likeness (QED) is 0.392. The summed E-state index contributed by atoms with van der Waals surface area (Å²) in [5.41, 5.74) is 3.88. The van der Waals surface area contributed by atoms with Crippen LogP contribution in [0.25, 0.3) is 0 Å². The molecule has 0 amide bonds. The van der Waals surface area contributed by atoms with E-state index in [9.17, 15) is 14.4 Å². The van der Waals surface area contributed by atoms with Gasteiger partial charge in [-0.2, -0.15) is 0 Å². The molecular weight excluding hydrogens is 428 g/mol. The van der Waals surface area contributed by atoms with Crippen molar-refractivity contribution in [2.75, 3.05) is 0 Å². The van der Waals surface area contributed by atoms with Crippen LogP contribution < -0.4 is 0 Å². The molecule has 2 atom stereocenters. The summed E-state index contributed by atoms with van der Waals surface area (Å²) >= 11 is 0. The molecule has 2 N–H and O–H groups in total. The number of carbonyl (C=O) groups is 3. The Balaban J connectivity index is 0.000000248. The largest absolute Gasteiger partial charge is 0.481 e. The van der Waals surface area contributed by atoms with Crippen molar-refractivity contribution in [2.24, 2.45) is 5.92 Å². The first-order valence-corrected chi connectivity index (χ1v) is 11.3. The molecule has 0 saturated carbocycles. The van der Waals surface area contributed by atoms with E-state index in [0.717, 1.165) is 12.0 Å². The van der Waals surface area contributed by atoms with Gasteiger partial charge in [-0.05, 0) is 48.9 Å². The lowest BCUT2D eigenvalue weighted by atomic mass is 9.96. The number of ketones is 1. The normalized spacial score (nSPS) is 12.3. The lowest BCUT2D eigenvalue weighted by Crippen LogP contribution is -2.09. The Kier molecular flexibility index (Phi) is 9.75. The monoisotopic (exact) mass is 460 g/mol. The van der Waals surface area contributed by atoms with Crippen LogP contribution in [0.5, 0.6) is 0 Å². The summed E-state index contributed by atoms with van der Waals surface area (Å²) in [6.45, 7) is 7.66. The van der Waals surface area contributed by atoms with Crippen molar-refractivity contribution in [3.63, 3.8) is 0 Å². The average Bonchev–Trinajstić information content (AvgIpc) is 2.83. The van der Waals surface area contributed by atoms with Gasteiger partial charge in [-0.25, -0.2) is 0 Å². The summed E-state index contributed by atoms with van der Waals surface area (Å²) < 4.78 is 0. The molecular formula is C29H32O5. The highest BCUT2D eigenvalue weighted by Gasteiger charge is 2.16. The first-order valence-electron chi connectivity index (χ1n) is 11.3. The van der Waals surface area contributed by atoms with Gasteiger partial charge in [0.2, 0.25) is 0 Å². The van der Waals surface area contributed by atoms with Crippen molar-refractivity contribution in [2.45, 2.75) is 46.0 Å². The molecule has 3 aromatic carbocycles. The predicted octanol–water partition coefficient (Wildman–Crippen LogP) is 6.18. The van der Waals surface area contributed by atoms with Gasteiger partial charge in [-0.3, -0.25) is 14.4 Å². The number of rotatable bonds is 8. The van der Waals surface area contributed by atoms with Crippen molar-refractivity contribution in [3.8, 4) is 0 Å². The first kappa shape index (κ1) is 26.5. The zero-order chi connectivity index (χ0) is 25.3. The molecule has 0 heterocycles. The zero-order valence-electron chi connectivity index (χ0n) is 20.1. The van der Waals surface area contributed by atoms with Gasteiger partial charge in [-0.15, -0.1) is 0 Å². The van der Waals surface area contributed by atoms with E-state index in [2.05, 4.69) is 13.8 Å². The molecule has 0 radical (unpaired) electrons. The molecule has 0 aliphatic heterocycles. The molecule has 0 bridgehead atoms. The third-order valence-corrected chi connectivity index (χ3v) is 5.55. The highest BCUT2D eigenvalue weighted by atomic mass is 16.4. The minimum absolute atomic E-state index is 0.0972. The van der Waals surface area contributed by atoms with Crippen molar-refractivity contribution in [3.05, 3.63) is 107 Å². The van der Waals surface area contributed by atoms with Gasteiger partial charge < -0.3 is 10.2 Å². The number of aliphatic carboxylic acids is 2. The fourth-order valence-electron chi connectivity index (χ4n) is 3.40. The Hall–Kier alpha value is -3.73. The topological polar surface area (TPSA) is 91.7 Å². The van der Waals surface area contributed by atoms with E-state index in [0.29, 0.717) is 22.6 Å². The molecule has 0 spiro atoms. The summed E-state index contributed by atoms with van der Waals surface area (Å²) in [6.07, 6.45) is 1.04. The highest BCUT2D eigenvalue weighted by molar-refractivity contribution is 6.09. The Morgan fingerprint density at radius 2 is 1.18 bits per heavy atom. The Morgan fingerprint density at radius 3 is 1.71 bits per heavy atom. The van der Waals surface area contributed by atoms with E-state index in [1.54, 1.807) is 62.4 Å². The summed E-state index contributed by atoms with van der Waals surface area (Å²) in [4.78, 5) is 34.0. The van der Waals surface area contributed by atoms with Gasteiger partial charge in [0.25, 0.3) is 0 Å². The first-order chi connectivity index (χ1) is 16.1. The fraction of sp³-hybridized carbons (Fsp3) is 0.276. The summed E-state index contributed by atoms with van der Waals surface area (Å²) in [6, 6.07) is 23.6. The van der Waals surface area contributed by atoms with Crippen LogP contribution in [0.1, 0.15) is 72.1 Å². The van der Waals surface area contributed by atoms with Crippen LogP contribution in [-0.4, -0.2) is 27.9 Å². The molecule has 0 saturated heterocycles. The van der Waals surface area contributed by atoms with E-state index in [1.165, 1.54) is 5.56 Å². The lowest BCUT2D eigenvalue weighted by Gasteiger charge is -2.09. The van der Waals surface area contributed by atoms with E-state index < -0.39 is 23.8 Å². The van der Waals surface area contributed by atoms with E-state index in [4.69, 9.17) is 10.2 Å². The van der Waals surface area contributed by atoms with Gasteiger partial charge in [-0.1, -0.05) is 86.6 Å². The molecule has 178 valence electrons. The maximum Gasteiger partial charge on any atom is 0.310 e. The van der Waals surface area contributed by atoms with Crippen molar-refractivity contribution < 1.29 is 24.6 Å². The summed E-state index contributed by atoms with van der Waals surface area (Å²) in [5.74, 6) is -2.18. The number of benzene rings is 3. The minimum Gasteiger partial charge on any atom is -0.481 e. The standard InChI is InChI=1S/C16H14O3.C13H18O2/c1-11(16(18)19)13-8-5-9-14(10-13)15(17)12-6-3-2-4-7-12;1-9(2)8-11-4-6-12(7-5-11)10(3)13(14)15/h2-11H,1H3,(H,18,19);4-7,9-10H,8H2,1-3H3,(H,14,15). The zero-order valence-corrected chi connectivity index (χ0v) is 20.1. The number of hydrogen-bond acceptors (Lipinski definition) is 3. The van der Waals surface area contributed by atoms with Crippen LogP contribution in [0.4, 0.5) is 0 Å². The van der Waals surface area contributed by atoms with Gasteiger partial charge in [0, 0.05) is 11.1 Å². The third-order valence-electron chi connectivity index (χ3n) is 5.55. The van der Waals surface area contributed by atoms with Crippen LogP contribution in [-0.2, 0) is 16.0 Å². The van der Waals surface area contributed by atoms with Crippen LogP contribution in [0, 0.1) is 5.92 Å². The van der Waals surface area contributed by atoms with E-state index >= 15 is 0 Å². The highest BCUT2D eigenvalue weighted by Crippen LogP contribution is 2.19. The van der Waals surface area contributed by atoms with Gasteiger partial charge in [0.15, 0.2) is 5.78 Å². The summed E-state index contributed by atoms with van der Waals surface area (Å²) in [7, 11) is 0. The molecule has 0 aliphatic rings.